The molecular weight excluding hydrogens is 348 g/mol. The Labute approximate surface area is 127 Å². The fourth-order valence-corrected chi connectivity index (χ4v) is 2.13. The molecule has 0 spiro atoms. The predicted molar refractivity (Wildman–Crippen MR) is 74.2 cm³/mol. The summed E-state index contributed by atoms with van der Waals surface area (Å²) in [5.41, 5.74) is 0.716. The van der Waals surface area contributed by atoms with Crippen molar-refractivity contribution < 1.29 is 18.7 Å². The molecule has 1 aromatic carbocycles. The van der Waals surface area contributed by atoms with Crippen molar-refractivity contribution in [2.45, 2.75) is 25.7 Å². The van der Waals surface area contributed by atoms with E-state index in [4.69, 9.17) is 5.11 Å². The first-order chi connectivity index (χ1) is 9.97. The number of unbranched alkanes of at least 4 members (excludes halogenated alkanes) is 1. The van der Waals surface area contributed by atoms with Crippen molar-refractivity contribution in [1.29, 1.82) is 0 Å². The molecule has 1 heterocycles. The Morgan fingerprint density at radius 3 is 2.76 bits per heavy atom. The van der Waals surface area contributed by atoms with Crippen molar-refractivity contribution >= 4 is 21.9 Å². The van der Waals surface area contributed by atoms with Crippen LogP contribution in [-0.4, -0.2) is 26.1 Å². The van der Waals surface area contributed by atoms with Gasteiger partial charge in [-0.3, -0.25) is 4.79 Å². The molecule has 0 atom stereocenters. The van der Waals surface area contributed by atoms with Gasteiger partial charge >= 0.3 is 5.97 Å². The van der Waals surface area contributed by atoms with Gasteiger partial charge in [0, 0.05) is 12.5 Å². The first-order valence-corrected chi connectivity index (χ1v) is 7.04. The molecule has 2 rings (SSSR count). The fraction of sp³-hybridized carbons (Fsp3) is 0.308. The predicted octanol–water partition coefficient (Wildman–Crippen LogP) is 3.11. The highest BCUT2D eigenvalue weighted by molar-refractivity contribution is 9.10. The summed E-state index contributed by atoms with van der Waals surface area (Å²) < 4.78 is 28.2. The third kappa shape index (κ3) is 4.07. The smallest absolute Gasteiger partial charge is 0.303 e. The van der Waals surface area contributed by atoms with Crippen molar-refractivity contribution in [2.24, 2.45) is 0 Å². The molecule has 1 aromatic heterocycles. The Bertz CT molecular complexity index is 661. The van der Waals surface area contributed by atoms with Crippen LogP contribution in [0.4, 0.5) is 8.78 Å². The van der Waals surface area contributed by atoms with Crippen molar-refractivity contribution in [1.82, 2.24) is 15.0 Å². The van der Waals surface area contributed by atoms with Crippen LogP contribution in [0.25, 0.3) is 5.69 Å². The number of carbonyl (C=O) groups is 1. The monoisotopic (exact) mass is 359 g/mol. The maximum absolute atomic E-state index is 13.7. The number of aryl methyl sites for hydroxylation is 1. The number of rotatable bonds is 6. The van der Waals surface area contributed by atoms with E-state index in [1.54, 1.807) is 6.20 Å². The minimum absolute atomic E-state index is 0.0903. The van der Waals surface area contributed by atoms with Gasteiger partial charge in [0.05, 0.1) is 16.4 Å². The second kappa shape index (κ2) is 6.75. The summed E-state index contributed by atoms with van der Waals surface area (Å²) in [7, 11) is 0. The molecule has 8 heteroatoms. The minimum Gasteiger partial charge on any atom is -0.481 e. The molecule has 21 heavy (non-hydrogen) atoms. The molecule has 0 radical (unpaired) electrons. The number of hydrogen-bond donors (Lipinski definition) is 1. The van der Waals surface area contributed by atoms with Gasteiger partial charge in [-0.15, -0.1) is 5.10 Å². The van der Waals surface area contributed by atoms with Crippen LogP contribution >= 0.6 is 15.9 Å². The Hall–Kier alpha value is -1.83. The molecule has 0 amide bonds. The maximum atomic E-state index is 13.7. The second-order valence-corrected chi connectivity index (χ2v) is 5.33. The lowest BCUT2D eigenvalue weighted by Crippen LogP contribution is -2.00. The highest BCUT2D eigenvalue weighted by atomic mass is 79.9. The Kier molecular flexibility index (Phi) is 5.00. The molecule has 5 nitrogen and oxygen atoms in total. The Morgan fingerprint density at radius 2 is 2.05 bits per heavy atom. The van der Waals surface area contributed by atoms with E-state index in [1.165, 1.54) is 10.7 Å². The van der Waals surface area contributed by atoms with Crippen LogP contribution in [0.1, 0.15) is 25.0 Å². The number of aromatic nitrogens is 3. The van der Waals surface area contributed by atoms with E-state index in [1.807, 2.05) is 0 Å². The first kappa shape index (κ1) is 15.6. The van der Waals surface area contributed by atoms with E-state index in [9.17, 15) is 13.6 Å². The van der Waals surface area contributed by atoms with Crippen LogP contribution in [-0.2, 0) is 11.2 Å². The zero-order valence-corrected chi connectivity index (χ0v) is 12.5. The number of aliphatic carboxylic acids is 1. The van der Waals surface area contributed by atoms with Crippen molar-refractivity contribution in [3.8, 4) is 5.69 Å². The van der Waals surface area contributed by atoms with Gasteiger partial charge < -0.3 is 5.11 Å². The average Bonchev–Trinajstić information content (AvgIpc) is 2.87. The number of carboxylic acid groups (broad SMARTS) is 1. The number of nitrogens with zero attached hydrogens (tertiary/aromatic N) is 3. The summed E-state index contributed by atoms with van der Waals surface area (Å²) in [4.78, 5) is 10.4. The molecule has 0 aliphatic heterocycles. The van der Waals surface area contributed by atoms with Crippen molar-refractivity contribution in [2.75, 3.05) is 0 Å². The van der Waals surface area contributed by atoms with Gasteiger partial charge in [-0.05, 0) is 41.3 Å². The Balaban J connectivity index is 2.06. The molecule has 0 bridgehead atoms. The number of carboxylic acids is 1. The molecule has 112 valence electrons. The quantitative estimate of drug-likeness (QED) is 0.635. The van der Waals surface area contributed by atoms with Gasteiger partial charge in [-0.2, -0.15) is 0 Å². The zero-order chi connectivity index (χ0) is 15.4. The maximum Gasteiger partial charge on any atom is 0.303 e. The van der Waals surface area contributed by atoms with E-state index in [2.05, 4.69) is 26.2 Å². The van der Waals surface area contributed by atoms with Gasteiger partial charge in [-0.1, -0.05) is 5.21 Å². The molecule has 0 saturated heterocycles. The molecular formula is C13H12BrF2N3O2. The van der Waals surface area contributed by atoms with Gasteiger partial charge in [0.15, 0.2) is 5.82 Å². The lowest BCUT2D eigenvalue weighted by molar-refractivity contribution is -0.137. The summed E-state index contributed by atoms with van der Waals surface area (Å²) in [6.07, 6.45) is 3.40. The normalized spacial score (nSPS) is 10.8. The van der Waals surface area contributed by atoms with Crippen LogP contribution in [0.2, 0.25) is 0 Å². The fourth-order valence-electron chi connectivity index (χ4n) is 1.80. The van der Waals surface area contributed by atoms with Crippen LogP contribution in [0.3, 0.4) is 0 Å². The standard InChI is InChI=1S/C13H12BrF2N3O2/c14-9-5-12(11(16)6-10(9)15)19-7-8(17-18-19)3-1-2-4-13(20)21/h5-7H,1-4H2,(H,20,21). The van der Waals surface area contributed by atoms with E-state index in [0.29, 0.717) is 25.0 Å². The summed E-state index contributed by atoms with van der Waals surface area (Å²) in [5, 5.41) is 16.2. The van der Waals surface area contributed by atoms with E-state index >= 15 is 0 Å². The van der Waals surface area contributed by atoms with E-state index in [-0.39, 0.29) is 16.6 Å². The van der Waals surface area contributed by atoms with E-state index in [0.717, 1.165) is 6.07 Å². The van der Waals surface area contributed by atoms with Crippen LogP contribution < -0.4 is 0 Å². The summed E-state index contributed by atoms with van der Waals surface area (Å²) >= 11 is 2.99. The largest absolute Gasteiger partial charge is 0.481 e. The first-order valence-electron chi connectivity index (χ1n) is 6.25. The molecule has 0 fully saturated rings. The van der Waals surface area contributed by atoms with E-state index < -0.39 is 17.6 Å². The second-order valence-electron chi connectivity index (χ2n) is 4.47. The molecule has 0 aliphatic carbocycles. The highest BCUT2D eigenvalue weighted by Crippen LogP contribution is 2.22. The highest BCUT2D eigenvalue weighted by Gasteiger charge is 2.12. The van der Waals surface area contributed by atoms with Crippen LogP contribution in [0, 0.1) is 11.6 Å². The van der Waals surface area contributed by atoms with Gasteiger partial charge in [0.1, 0.15) is 11.5 Å². The number of hydrogen-bond acceptors (Lipinski definition) is 3. The van der Waals surface area contributed by atoms with Gasteiger partial charge in [0.2, 0.25) is 0 Å². The molecule has 0 saturated carbocycles. The van der Waals surface area contributed by atoms with Crippen molar-refractivity contribution in [3.63, 3.8) is 0 Å². The summed E-state index contributed by atoms with van der Waals surface area (Å²) in [5.74, 6) is -2.26. The van der Waals surface area contributed by atoms with Gasteiger partial charge in [-0.25, -0.2) is 13.5 Å². The topological polar surface area (TPSA) is 68.0 Å². The summed E-state index contributed by atoms with van der Waals surface area (Å²) in [6, 6.07) is 2.06. The lowest BCUT2D eigenvalue weighted by Gasteiger charge is -2.03. The molecule has 2 aromatic rings. The third-order valence-electron chi connectivity index (χ3n) is 2.85. The Morgan fingerprint density at radius 1 is 1.29 bits per heavy atom. The number of benzene rings is 1. The van der Waals surface area contributed by atoms with Crippen LogP contribution in [0.5, 0.6) is 0 Å². The van der Waals surface area contributed by atoms with Crippen molar-refractivity contribution in [3.05, 3.63) is 40.1 Å². The SMILES string of the molecule is O=C(O)CCCCc1cn(-c2cc(Br)c(F)cc2F)nn1. The minimum atomic E-state index is -0.836. The average molecular weight is 360 g/mol. The van der Waals surface area contributed by atoms with Gasteiger partial charge in [0.25, 0.3) is 0 Å². The number of halogens is 3. The molecule has 0 unspecified atom stereocenters. The lowest BCUT2D eigenvalue weighted by atomic mass is 10.1. The zero-order valence-electron chi connectivity index (χ0n) is 10.9. The molecule has 1 N–H and O–H groups in total. The summed E-state index contributed by atoms with van der Waals surface area (Å²) in [6.45, 7) is 0. The third-order valence-corrected chi connectivity index (χ3v) is 3.46. The van der Waals surface area contributed by atoms with Crippen LogP contribution in [0.15, 0.2) is 22.8 Å². The molecule has 0 aliphatic rings.